The molecule has 0 saturated carbocycles. The topological polar surface area (TPSA) is 29.9 Å². The molecule has 0 bridgehead atoms. The first-order valence-corrected chi connectivity index (χ1v) is 6.63. The number of aryl methyl sites for hydroxylation is 1. The normalized spacial score (nSPS) is 12.1. The molecule has 98 valence electrons. The smallest absolute Gasteiger partial charge is 0.157 e. The monoisotopic (exact) mass is 265 g/mol. The molecule has 0 saturated heterocycles. The fourth-order valence-electron chi connectivity index (χ4n) is 2.27. The van der Waals surface area contributed by atoms with Gasteiger partial charge in [-0.05, 0) is 24.0 Å². The summed E-state index contributed by atoms with van der Waals surface area (Å²) >= 11 is 6.34. The van der Waals surface area contributed by atoms with Crippen molar-refractivity contribution in [2.45, 2.75) is 33.1 Å². The lowest BCUT2D eigenvalue weighted by molar-refractivity contribution is 0.590. The van der Waals surface area contributed by atoms with Gasteiger partial charge in [0.2, 0.25) is 0 Å². The Morgan fingerprint density at radius 1 is 1.33 bits per heavy atom. The van der Waals surface area contributed by atoms with E-state index in [9.17, 15) is 0 Å². The van der Waals surface area contributed by atoms with Crippen molar-refractivity contribution >= 4 is 28.3 Å². The molecule has 0 aliphatic rings. The van der Waals surface area contributed by atoms with Crippen LogP contribution in [0.4, 0.5) is 5.82 Å². The van der Waals surface area contributed by atoms with Crippen molar-refractivity contribution in [2.75, 3.05) is 11.9 Å². The van der Waals surface area contributed by atoms with Gasteiger partial charge < -0.3 is 5.32 Å². The number of anilines is 1. The van der Waals surface area contributed by atoms with E-state index in [0.29, 0.717) is 0 Å². The standard InChI is InChI=1S/C14H20ClN3/c1-6-16-13-11-10(15)8-7-9(14(2,3)4)12(11)18(5)17-13/h7-8H,6H2,1-5H3,(H,16,17). The van der Waals surface area contributed by atoms with E-state index in [1.54, 1.807) is 0 Å². The second-order valence-corrected chi connectivity index (χ2v) is 5.98. The molecule has 0 radical (unpaired) electrons. The maximum absolute atomic E-state index is 6.34. The molecule has 0 aliphatic carbocycles. The van der Waals surface area contributed by atoms with Crippen LogP contribution in [-0.4, -0.2) is 16.3 Å². The number of aromatic nitrogens is 2. The Hall–Kier alpha value is -1.22. The average molecular weight is 266 g/mol. The molecule has 2 rings (SSSR count). The maximum Gasteiger partial charge on any atom is 0.157 e. The van der Waals surface area contributed by atoms with Gasteiger partial charge in [-0.25, -0.2) is 0 Å². The number of halogens is 1. The van der Waals surface area contributed by atoms with Gasteiger partial charge in [-0.3, -0.25) is 4.68 Å². The Labute approximate surface area is 113 Å². The first-order chi connectivity index (χ1) is 8.36. The van der Waals surface area contributed by atoms with Crippen LogP contribution in [0.25, 0.3) is 10.9 Å². The van der Waals surface area contributed by atoms with Crippen molar-refractivity contribution < 1.29 is 0 Å². The molecule has 3 nitrogen and oxygen atoms in total. The summed E-state index contributed by atoms with van der Waals surface area (Å²) < 4.78 is 1.92. The van der Waals surface area contributed by atoms with Crippen LogP contribution in [0.15, 0.2) is 12.1 Å². The number of hydrogen-bond donors (Lipinski definition) is 1. The zero-order valence-corrected chi connectivity index (χ0v) is 12.4. The maximum atomic E-state index is 6.34. The molecule has 1 aromatic carbocycles. The van der Waals surface area contributed by atoms with Crippen LogP contribution in [0.2, 0.25) is 5.02 Å². The van der Waals surface area contributed by atoms with Crippen molar-refractivity contribution in [3.05, 3.63) is 22.7 Å². The third-order valence-corrected chi connectivity index (χ3v) is 3.40. The molecule has 0 atom stereocenters. The van der Waals surface area contributed by atoms with Crippen LogP contribution < -0.4 is 5.32 Å². The molecular formula is C14H20ClN3. The zero-order valence-electron chi connectivity index (χ0n) is 11.6. The van der Waals surface area contributed by atoms with Crippen LogP contribution in [0, 0.1) is 0 Å². The summed E-state index contributed by atoms with van der Waals surface area (Å²) in [5.74, 6) is 0.867. The van der Waals surface area contributed by atoms with E-state index >= 15 is 0 Å². The van der Waals surface area contributed by atoms with Crippen LogP contribution in [-0.2, 0) is 12.5 Å². The summed E-state index contributed by atoms with van der Waals surface area (Å²) in [6.07, 6.45) is 0. The Morgan fingerprint density at radius 3 is 2.56 bits per heavy atom. The highest BCUT2D eigenvalue weighted by molar-refractivity contribution is 6.36. The number of rotatable bonds is 2. The molecule has 0 fully saturated rings. The summed E-state index contributed by atoms with van der Waals surface area (Å²) in [6, 6.07) is 4.06. The molecule has 1 N–H and O–H groups in total. The number of hydrogen-bond acceptors (Lipinski definition) is 2. The molecule has 1 aromatic heterocycles. The Balaban J connectivity index is 2.82. The third kappa shape index (κ3) is 2.07. The molecule has 0 unspecified atom stereocenters. The summed E-state index contributed by atoms with van der Waals surface area (Å²) in [6.45, 7) is 9.50. The fraction of sp³-hybridized carbons (Fsp3) is 0.500. The summed E-state index contributed by atoms with van der Waals surface area (Å²) in [7, 11) is 1.97. The van der Waals surface area contributed by atoms with Crippen molar-refractivity contribution in [1.82, 2.24) is 9.78 Å². The molecule has 0 spiro atoms. The van der Waals surface area contributed by atoms with E-state index in [4.69, 9.17) is 11.6 Å². The van der Waals surface area contributed by atoms with E-state index < -0.39 is 0 Å². The van der Waals surface area contributed by atoms with Gasteiger partial charge in [-0.2, -0.15) is 5.10 Å². The van der Waals surface area contributed by atoms with Gasteiger partial charge in [0.1, 0.15) is 0 Å². The molecule has 1 heterocycles. The number of nitrogens with zero attached hydrogens (tertiary/aromatic N) is 2. The minimum Gasteiger partial charge on any atom is -0.368 e. The second kappa shape index (κ2) is 4.47. The number of nitrogens with one attached hydrogen (secondary N) is 1. The predicted octanol–water partition coefficient (Wildman–Crippen LogP) is 3.96. The van der Waals surface area contributed by atoms with Crippen LogP contribution in [0.1, 0.15) is 33.3 Å². The average Bonchev–Trinajstić information content (AvgIpc) is 2.56. The SMILES string of the molecule is CCNc1nn(C)c2c(C(C)(C)C)ccc(Cl)c12. The highest BCUT2D eigenvalue weighted by atomic mass is 35.5. The van der Waals surface area contributed by atoms with Gasteiger partial charge in [0, 0.05) is 13.6 Å². The molecular weight excluding hydrogens is 246 g/mol. The highest BCUT2D eigenvalue weighted by Crippen LogP contribution is 2.37. The van der Waals surface area contributed by atoms with E-state index in [1.165, 1.54) is 5.56 Å². The van der Waals surface area contributed by atoms with Gasteiger partial charge in [0.05, 0.1) is 15.9 Å². The van der Waals surface area contributed by atoms with Crippen molar-refractivity contribution in [3.8, 4) is 0 Å². The largest absolute Gasteiger partial charge is 0.368 e. The van der Waals surface area contributed by atoms with Crippen LogP contribution in [0.3, 0.4) is 0 Å². The summed E-state index contributed by atoms with van der Waals surface area (Å²) in [5, 5.41) is 9.58. The van der Waals surface area contributed by atoms with Crippen molar-refractivity contribution in [3.63, 3.8) is 0 Å². The van der Waals surface area contributed by atoms with Gasteiger partial charge in [0.15, 0.2) is 5.82 Å². The fourth-order valence-corrected chi connectivity index (χ4v) is 2.52. The molecule has 2 aromatic rings. The van der Waals surface area contributed by atoms with Gasteiger partial charge in [0.25, 0.3) is 0 Å². The van der Waals surface area contributed by atoms with Crippen LogP contribution >= 0.6 is 11.6 Å². The van der Waals surface area contributed by atoms with E-state index in [-0.39, 0.29) is 5.41 Å². The zero-order chi connectivity index (χ0) is 13.5. The lowest BCUT2D eigenvalue weighted by Gasteiger charge is -2.20. The van der Waals surface area contributed by atoms with E-state index in [0.717, 1.165) is 28.3 Å². The van der Waals surface area contributed by atoms with E-state index in [1.807, 2.05) is 17.8 Å². The molecule has 0 amide bonds. The molecule has 18 heavy (non-hydrogen) atoms. The second-order valence-electron chi connectivity index (χ2n) is 5.57. The molecule has 0 aliphatic heterocycles. The summed E-state index contributed by atoms with van der Waals surface area (Å²) in [5.41, 5.74) is 2.45. The van der Waals surface area contributed by atoms with Gasteiger partial charge in [-0.1, -0.05) is 38.4 Å². The Kier molecular flexibility index (Phi) is 3.28. The van der Waals surface area contributed by atoms with Gasteiger partial charge in [-0.15, -0.1) is 0 Å². The third-order valence-electron chi connectivity index (χ3n) is 3.09. The highest BCUT2D eigenvalue weighted by Gasteiger charge is 2.22. The number of fused-ring (bicyclic) bond motifs is 1. The predicted molar refractivity (Wildman–Crippen MR) is 78.6 cm³/mol. The van der Waals surface area contributed by atoms with Crippen LogP contribution in [0.5, 0.6) is 0 Å². The first-order valence-electron chi connectivity index (χ1n) is 6.25. The Bertz CT molecular complexity index is 579. The minimum atomic E-state index is 0.0696. The number of benzene rings is 1. The Morgan fingerprint density at radius 2 is 2.00 bits per heavy atom. The molecule has 4 heteroatoms. The minimum absolute atomic E-state index is 0.0696. The first kappa shape index (κ1) is 13.2. The van der Waals surface area contributed by atoms with Crippen molar-refractivity contribution in [2.24, 2.45) is 7.05 Å². The quantitative estimate of drug-likeness (QED) is 0.891. The van der Waals surface area contributed by atoms with Gasteiger partial charge >= 0.3 is 0 Å². The lowest BCUT2D eigenvalue weighted by Crippen LogP contribution is -2.13. The van der Waals surface area contributed by atoms with E-state index in [2.05, 4.69) is 44.2 Å². The summed E-state index contributed by atoms with van der Waals surface area (Å²) in [4.78, 5) is 0. The lowest BCUT2D eigenvalue weighted by atomic mass is 9.85. The van der Waals surface area contributed by atoms with Crippen molar-refractivity contribution in [1.29, 1.82) is 0 Å².